The van der Waals surface area contributed by atoms with E-state index in [1.165, 1.54) is 26.0 Å². The molecule has 3 aromatic carbocycles. The average Bonchev–Trinajstić information content (AvgIpc) is 2.94. The summed E-state index contributed by atoms with van der Waals surface area (Å²) in [6.07, 6.45) is 2.56. The molecule has 0 aliphatic carbocycles. The van der Waals surface area contributed by atoms with Gasteiger partial charge in [0, 0.05) is 26.1 Å². The van der Waals surface area contributed by atoms with Crippen LogP contribution in [0.25, 0.3) is 0 Å². The molecule has 3 atom stereocenters. The Morgan fingerprint density at radius 2 is 1.60 bits per heavy atom. The van der Waals surface area contributed by atoms with Crippen molar-refractivity contribution in [2.45, 2.75) is 51.7 Å². The highest BCUT2D eigenvalue weighted by atomic mass is 32.2. The Morgan fingerprint density at radius 3 is 2.19 bits per heavy atom. The molecule has 0 spiro atoms. The molecule has 0 aromatic heterocycles. The Labute approximate surface area is 251 Å². The zero-order chi connectivity index (χ0) is 31.1. The highest BCUT2D eigenvalue weighted by Gasteiger charge is 2.48. The molecule has 1 fully saturated rings. The number of rotatable bonds is 13. The Kier molecular flexibility index (Phi) is 10.3. The van der Waals surface area contributed by atoms with Gasteiger partial charge < -0.3 is 14.4 Å². The number of benzene rings is 3. The number of nitrogens with one attached hydrogen (secondary N) is 1. The van der Waals surface area contributed by atoms with Crippen molar-refractivity contribution >= 4 is 33.6 Å². The molecule has 1 heterocycles. The first-order valence-electron chi connectivity index (χ1n) is 14.0. The van der Waals surface area contributed by atoms with Crippen molar-refractivity contribution in [2.24, 2.45) is 5.92 Å². The molecule has 4 rings (SSSR count). The summed E-state index contributed by atoms with van der Waals surface area (Å²) in [5.74, 6) is -1.41. The molecule has 1 unspecified atom stereocenters. The van der Waals surface area contributed by atoms with E-state index in [9.17, 15) is 27.2 Å². The maximum Gasteiger partial charge on any atom is 0.308 e. The quantitative estimate of drug-likeness (QED) is 0.125. The van der Waals surface area contributed by atoms with Gasteiger partial charge in [-0.1, -0.05) is 36.4 Å². The molecule has 11 heteroatoms. The van der Waals surface area contributed by atoms with Crippen molar-refractivity contribution in [3.8, 4) is 5.75 Å². The molecule has 1 aliphatic rings. The van der Waals surface area contributed by atoms with Crippen LogP contribution < -0.4 is 14.4 Å². The van der Waals surface area contributed by atoms with Crippen LogP contribution in [0.5, 0.6) is 5.75 Å². The van der Waals surface area contributed by atoms with Crippen molar-refractivity contribution in [1.29, 1.82) is 0 Å². The largest absolute Gasteiger partial charge is 0.458 e. The lowest BCUT2D eigenvalue weighted by atomic mass is 9.78. The number of amides is 1. The van der Waals surface area contributed by atoms with E-state index in [4.69, 9.17) is 9.47 Å². The van der Waals surface area contributed by atoms with Gasteiger partial charge in [-0.15, -0.1) is 0 Å². The third kappa shape index (κ3) is 8.71. The van der Waals surface area contributed by atoms with Gasteiger partial charge in [0.15, 0.2) is 0 Å². The second kappa shape index (κ2) is 13.9. The molecule has 43 heavy (non-hydrogen) atoms. The molecule has 0 radical (unpaired) electrons. The summed E-state index contributed by atoms with van der Waals surface area (Å²) in [4.78, 5) is 38.5. The van der Waals surface area contributed by atoms with Crippen LogP contribution in [0.15, 0.2) is 72.8 Å². The molecule has 1 saturated heterocycles. The van der Waals surface area contributed by atoms with Crippen molar-refractivity contribution in [3.63, 3.8) is 0 Å². The van der Waals surface area contributed by atoms with E-state index in [0.29, 0.717) is 49.2 Å². The standard InChI is InChI=1S/C32H35FN2O7S/c1-21(36)41-28-16-10-25(11-17-28)31-29(18-19-30(42-22(2)37)24-8-12-26(33)13-9-24)32(38)35(31)27-14-6-23(7-15-27)5-4-20-34-43(3,39)40/h6-17,29-31,34H,4-5,18-20H2,1-3H3/t29?,30-,31-/m1/s1. The fraction of sp³-hybridized carbons (Fsp3) is 0.344. The lowest BCUT2D eigenvalue weighted by Crippen LogP contribution is -2.55. The number of nitrogens with zero attached hydrogens (tertiary/aromatic N) is 1. The normalized spacial score (nSPS) is 17.2. The molecular formula is C32H35FN2O7S. The number of anilines is 1. The summed E-state index contributed by atoms with van der Waals surface area (Å²) in [6, 6.07) is 20.0. The summed E-state index contributed by atoms with van der Waals surface area (Å²) < 4.78 is 49.3. The minimum absolute atomic E-state index is 0.0835. The highest BCUT2D eigenvalue weighted by molar-refractivity contribution is 7.88. The van der Waals surface area contributed by atoms with Crippen molar-refractivity contribution in [1.82, 2.24) is 4.72 Å². The van der Waals surface area contributed by atoms with E-state index < -0.39 is 39.8 Å². The third-order valence-electron chi connectivity index (χ3n) is 7.21. The number of ether oxygens (including phenoxy) is 2. The van der Waals surface area contributed by atoms with Crippen LogP contribution in [0.3, 0.4) is 0 Å². The van der Waals surface area contributed by atoms with Crippen LogP contribution in [-0.4, -0.2) is 39.1 Å². The number of esters is 2. The Morgan fingerprint density at radius 1 is 0.953 bits per heavy atom. The fourth-order valence-corrected chi connectivity index (χ4v) is 5.79. The second-order valence-corrected chi connectivity index (χ2v) is 12.4. The van der Waals surface area contributed by atoms with Gasteiger partial charge in [-0.05, 0) is 78.8 Å². The Hall–Kier alpha value is -4.09. The van der Waals surface area contributed by atoms with Gasteiger partial charge in [-0.25, -0.2) is 17.5 Å². The first-order chi connectivity index (χ1) is 20.4. The molecule has 0 bridgehead atoms. The van der Waals surface area contributed by atoms with E-state index >= 15 is 0 Å². The molecule has 3 aromatic rings. The lowest BCUT2D eigenvalue weighted by molar-refractivity contribution is -0.147. The van der Waals surface area contributed by atoms with Gasteiger partial charge in [-0.3, -0.25) is 14.4 Å². The summed E-state index contributed by atoms with van der Waals surface area (Å²) >= 11 is 0. The maximum absolute atomic E-state index is 13.6. The van der Waals surface area contributed by atoms with Gasteiger partial charge in [0.1, 0.15) is 17.7 Å². The van der Waals surface area contributed by atoms with Crippen LogP contribution in [0.4, 0.5) is 10.1 Å². The van der Waals surface area contributed by atoms with Crippen LogP contribution in [-0.2, 0) is 35.6 Å². The molecule has 1 amide bonds. The Balaban J connectivity index is 1.53. The molecule has 0 saturated carbocycles. The van der Waals surface area contributed by atoms with Gasteiger partial charge >= 0.3 is 11.9 Å². The smallest absolute Gasteiger partial charge is 0.308 e. The first kappa shape index (κ1) is 31.8. The number of carbonyl (C=O) groups is 3. The molecule has 9 nitrogen and oxygen atoms in total. The van der Waals surface area contributed by atoms with Crippen LogP contribution in [0.1, 0.15) is 61.9 Å². The summed E-state index contributed by atoms with van der Waals surface area (Å²) in [7, 11) is -3.24. The average molecular weight is 611 g/mol. The lowest BCUT2D eigenvalue weighted by Gasteiger charge is -2.48. The number of sulfonamides is 1. The van der Waals surface area contributed by atoms with Crippen LogP contribution in [0.2, 0.25) is 0 Å². The van der Waals surface area contributed by atoms with Crippen LogP contribution in [0, 0.1) is 11.7 Å². The van der Waals surface area contributed by atoms with Gasteiger partial charge in [0.25, 0.3) is 0 Å². The molecule has 228 valence electrons. The number of β-lactam (4-membered cyclic amide) rings is 1. The zero-order valence-electron chi connectivity index (χ0n) is 24.3. The molecular weight excluding hydrogens is 575 g/mol. The summed E-state index contributed by atoms with van der Waals surface area (Å²) in [5, 5.41) is 0. The van der Waals surface area contributed by atoms with Gasteiger partial charge in [0.2, 0.25) is 15.9 Å². The van der Waals surface area contributed by atoms with E-state index in [1.54, 1.807) is 29.2 Å². The van der Waals surface area contributed by atoms with Crippen molar-refractivity contribution in [2.75, 3.05) is 17.7 Å². The summed E-state index contributed by atoms with van der Waals surface area (Å²) in [6.45, 7) is 2.97. The topological polar surface area (TPSA) is 119 Å². The van der Waals surface area contributed by atoms with E-state index in [1.807, 2.05) is 36.4 Å². The SMILES string of the molecule is CC(=O)Oc1ccc([C@@H]2C(CC[C@@H](OC(C)=O)c3ccc(F)cc3)C(=O)N2c2ccc(CCCNS(C)(=O)=O)cc2)cc1. The predicted octanol–water partition coefficient (Wildman–Crippen LogP) is 5.02. The third-order valence-corrected chi connectivity index (χ3v) is 7.94. The fourth-order valence-electron chi connectivity index (χ4n) is 5.27. The monoisotopic (exact) mass is 610 g/mol. The highest BCUT2D eigenvalue weighted by Crippen LogP contribution is 2.47. The maximum atomic E-state index is 13.6. The first-order valence-corrected chi connectivity index (χ1v) is 15.9. The van der Waals surface area contributed by atoms with Gasteiger partial charge in [0.05, 0.1) is 18.2 Å². The Bertz CT molecular complexity index is 1540. The number of hydrogen-bond donors (Lipinski definition) is 1. The minimum Gasteiger partial charge on any atom is -0.458 e. The number of aryl methyl sites for hydroxylation is 1. The van der Waals surface area contributed by atoms with E-state index in [2.05, 4.69) is 4.72 Å². The summed E-state index contributed by atoms with van der Waals surface area (Å²) in [5.41, 5.74) is 3.21. The zero-order valence-corrected chi connectivity index (χ0v) is 25.1. The molecule has 1 N–H and O–H groups in total. The number of hydrogen-bond acceptors (Lipinski definition) is 7. The number of halogens is 1. The van der Waals surface area contributed by atoms with E-state index in [-0.39, 0.29) is 11.9 Å². The van der Waals surface area contributed by atoms with Gasteiger partial charge in [-0.2, -0.15) is 0 Å². The van der Waals surface area contributed by atoms with Crippen molar-refractivity contribution < 1.29 is 36.7 Å². The van der Waals surface area contributed by atoms with Crippen LogP contribution >= 0.6 is 0 Å². The van der Waals surface area contributed by atoms with Crippen molar-refractivity contribution in [3.05, 3.63) is 95.3 Å². The second-order valence-electron chi connectivity index (χ2n) is 10.6. The van der Waals surface area contributed by atoms with E-state index in [0.717, 1.165) is 17.4 Å². The number of carbonyl (C=O) groups excluding carboxylic acids is 3. The minimum atomic E-state index is -3.24. The molecule has 1 aliphatic heterocycles. The predicted molar refractivity (Wildman–Crippen MR) is 159 cm³/mol.